The molecule has 0 aliphatic rings. The second-order valence-electron chi connectivity index (χ2n) is 5.89. The number of amides is 1. The largest absolute Gasteiger partial charge is 0.326 e. The van der Waals surface area contributed by atoms with Crippen molar-refractivity contribution in [2.75, 3.05) is 11.1 Å². The molecular formula is C20H17N5OS. The summed E-state index contributed by atoms with van der Waals surface area (Å²) >= 11 is 1.68. The number of aromatic nitrogens is 4. The van der Waals surface area contributed by atoms with Crippen LogP contribution in [0.1, 0.15) is 6.42 Å². The first-order valence-electron chi connectivity index (χ1n) is 8.53. The summed E-state index contributed by atoms with van der Waals surface area (Å²) in [6.45, 7) is 0. The van der Waals surface area contributed by atoms with E-state index in [1.165, 1.54) is 4.90 Å². The minimum Gasteiger partial charge on any atom is -0.326 e. The summed E-state index contributed by atoms with van der Waals surface area (Å²) < 4.78 is 1.63. The molecule has 6 nitrogen and oxygen atoms in total. The predicted octanol–water partition coefficient (Wildman–Crippen LogP) is 3.91. The van der Waals surface area contributed by atoms with E-state index >= 15 is 0 Å². The Bertz CT molecular complexity index is 1050. The molecule has 1 amide bonds. The van der Waals surface area contributed by atoms with Crippen LogP contribution < -0.4 is 5.32 Å². The molecular weight excluding hydrogens is 358 g/mol. The normalized spacial score (nSPS) is 10.8. The molecule has 0 aliphatic heterocycles. The van der Waals surface area contributed by atoms with E-state index in [0.717, 1.165) is 22.7 Å². The summed E-state index contributed by atoms with van der Waals surface area (Å²) in [6.07, 6.45) is 2.04. The van der Waals surface area contributed by atoms with E-state index < -0.39 is 0 Å². The van der Waals surface area contributed by atoms with Crippen molar-refractivity contribution in [1.82, 2.24) is 19.8 Å². The highest BCUT2D eigenvalue weighted by Crippen LogP contribution is 2.21. The maximum absolute atomic E-state index is 12.1. The number of rotatable bonds is 6. The number of hydrogen-bond acceptors (Lipinski definition) is 5. The SMILES string of the molecule is O=C(CCSc1ccccc1)Nc1ccc(-c2ccc3nncn3n2)cc1. The summed E-state index contributed by atoms with van der Waals surface area (Å²) in [6, 6.07) is 21.5. The Morgan fingerprint density at radius 3 is 2.63 bits per heavy atom. The third-order valence-electron chi connectivity index (χ3n) is 3.97. The molecule has 2 heterocycles. The van der Waals surface area contributed by atoms with Crippen molar-refractivity contribution < 1.29 is 4.79 Å². The molecule has 0 radical (unpaired) electrons. The lowest BCUT2D eigenvalue weighted by Gasteiger charge is -2.07. The fourth-order valence-corrected chi connectivity index (χ4v) is 3.48. The molecule has 0 spiro atoms. The van der Waals surface area contributed by atoms with E-state index in [1.54, 1.807) is 22.6 Å². The number of anilines is 1. The molecule has 27 heavy (non-hydrogen) atoms. The van der Waals surface area contributed by atoms with E-state index in [2.05, 4.69) is 20.6 Å². The molecule has 7 heteroatoms. The van der Waals surface area contributed by atoms with Crippen molar-refractivity contribution >= 4 is 29.0 Å². The van der Waals surface area contributed by atoms with Crippen LogP contribution in [0.25, 0.3) is 16.9 Å². The molecule has 0 unspecified atom stereocenters. The van der Waals surface area contributed by atoms with Gasteiger partial charge in [0.1, 0.15) is 6.33 Å². The number of carbonyl (C=O) groups is 1. The first kappa shape index (κ1) is 17.2. The lowest BCUT2D eigenvalue weighted by molar-refractivity contribution is -0.115. The fourth-order valence-electron chi connectivity index (χ4n) is 2.61. The number of nitrogens with zero attached hydrogens (tertiary/aromatic N) is 4. The molecule has 134 valence electrons. The van der Waals surface area contributed by atoms with E-state index in [4.69, 9.17) is 0 Å². The van der Waals surface area contributed by atoms with Gasteiger partial charge in [0.15, 0.2) is 5.65 Å². The average Bonchev–Trinajstić information content (AvgIpc) is 3.17. The number of benzene rings is 2. The maximum atomic E-state index is 12.1. The average molecular weight is 375 g/mol. The van der Waals surface area contributed by atoms with Crippen LogP contribution in [0, 0.1) is 0 Å². The summed E-state index contributed by atoms with van der Waals surface area (Å²) in [5.41, 5.74) is 3.26. The zero-order chi connectivity index (χ0) is 18.5. The molecule has 4 aromatic rings. The van der Waals surface area contributed by atoms with Crippen LogP contribution in [-0.4, -0.2) is 31.5 Å². The Kier molecular flexibility index (Phi) is 5.11. The van der Waals surface area contributed by atoms with Gasteiger partial charge in [0.2, 0.25) is 5.91 Å². The first-order valence-corrected chi connectivity index (χ1v) is 9.52. The van der Waals surface area contributed by atoms with Crippen LogP contribution in [0.3, 0.4) is 0 Å². The van der Waals surface area contributed by atoms with Gasteiger partial charge in [-0.3, -0.25) is 4.79 Å². The Hall–Kier alpha value is -3.19. The van der Waals surface area contributed by atoms with Crippen molar-refractivity contribution in [2.24, 2.45) is 0 Å². The minimum atomic E-state index is 0.00946. The van der Waals surface area contributed by atoms with Gasteiger partial charge in [0.05, 0.1) is 5.69 Å². The van der Waals surface area contributed by atoms with Crippen LogP contribution >= 0.6 is 11.8 Å². The third-order valence-corrected chi connectivity index (χ3v) is 4.98. The van der Waals surface area contributed by atoms with Crippen LogP contribution in [0.4, 0.5) is 5.69 Å². The molecule has 0 atom stereocenters. The van der Waals surface area contributed by atoms with Crippen molar-refractivity contribution in [1.29, 1.82) is 0 Å². The van der Waals surface area contributed by atoms with Crippen LogP contribution in [0.2, 0.25) is 0 Å². The van der Waals surface area contributed by atoms with Crippen LogP contribution in [0.5, 0.6) is 0 Å². The van der Waals surface area contributed by atoms with Crippen molar-refractivity contribution in [3.8, 4) is 11.3 Å². The van der Waals surface area contributed by atoms with E-state index in [1.807, 2.05) is 66.7 Å². The number of hydrogen-bond donors (Lipinski definition) is 1. The Balaban J connectivity index is 1.33. The number of fused-ring (bicyclic) bond motifs is 1. The number of carbonyl (C=O) groups excluding carboxylic acids is 1. The number of nitrogens with one attached hydrogen (secondary N) is 1. The molecule has 0 aliphatic carbocycles. The van der Waals surface area contributed by atoms with Crippen LogP contribution in [-0.2, 0) is 4.79 Å². The molecule has 2 aromatic carbocycles. The zero-order valence-corrected chi connectivity index (χ0v) is 15.3. The monoisotopic (exact) mass is 375 g/mol. The molecule has 0 fully saturated rings. The summed E-state index contributed by atoms with van der Waals surface area (Å²) in [4.78, 5) is 13.3. The molecule has 1 N–H and O–H groups in total. The van der Waals surface area contributed by atoms with Crippen molar-refractivity contribution in [3.63, 3.8) is 0 Å². The van der Waals surface area contributed by atoms with Gasteiger partial charge in [-0.05, 0) is 36.4 Å². The molecule has 0 saturated heterocycles. The van der Waals surface area contributed by atoms with Gasteiger partial charge in [0.25, 0.3) is 0 Å². The molecule has 0 saturated carbocycles. The minimum absolute atomic E-state index is 0.00946. The van der Waals surface area contributed by atoms with Gasteiger partial charge in [-0.25, -0.2) is 0 Å². The summed E-state index contributed by atoms with van der Waals surface area (Å²) in [5, 5.41) is 15.2. The molecule has 2 aromatic heterocycles. The lowest BCUT2D eigenvalue weighted by atomic mass is 10.1. The predicted molar refractivity (Wildman–Crippen MR) is 107 cm³/mol. The summed E-state index contributed by atoms with van der Waals surface area (Å²) in [5.74, 6) is 0.756. The first-order chi connectivity index (χ1) is 13.3. The highest BCUT2D eigenvalue weighted by Gasteiger charge is 2.05. The second kappa shape index (κ2) is 8.01. The molecule has 0 bridgehead atoms. The Morgan fingerprint density at radius 1 is 1.00 bits per heavy atom. The topological polar surface area (TPSA) is 72.2 Å². The third kappa shape index (κ3) is 4.32. The smallest absolute Gasteiger partial charge is 0.225 e. The highest BCUT2D eigenvalue weighted by atomic mass is 32.2. The lowest BCUT2D eigenvalue weighted by Crippen LogP contribution is -2.12. The van der Waals surface area contributed by atoms with Gasteiger partial charge in [-0.15, -0.1) is 22.0 Å². The number of thioether (sulfide) groups is 1. The summed E-state index contributed by atoms with van der Waals surface area (Å²) in [7, 11) is 0. The zero-order valence-electron chi connectivity index (χ0n) is 14.4. The van der Waals surface area contributed by atoms with Crippen molar-refractivity contribution in [2.45, 2.75) is 11.3 Å². The van der Waals surface area contributed by atoms with E-state index in [0.29, 0.717) is 12.1 Å². The Labute approximate surface area is 160 Å². The van der Waals surface area contributed by atoms with E-state index in [9.17, 15) is 4.79 Å². The van der Waals surface area contributed by atoms with Gasteiger partial charge >= 0.3 is 0 Å². The molecule has 4 rings (SSSR count). The standard InChI is InChI=1S/C20H17N5OS/c26-20(12-13-27-17-4-2-1-3-5-17)22-16-8-6-15(7-9-16)18-10-11-19-23-21-14-25(19)24-18/h1-11,14H,12-13H2,(H,22,26). The van der Waals surface area contributed by atoms with Gasteiger partial charge in [-0.2, -0.15) is 9.61 Å². The quantitative estimate of drug-likeness (QED) is 0.517. The van der Waals surface area contributed by atoms with Crippen LogP contribution in [0.15, 0.2) is 78.0 Å². The van der Waals surface area contributed by atoms with Gasteiger partial charge < -0.3 is 5.32 Å². The van der Waals surface area contributed by atoms with E-state index in [-0.39, 0.29) is 5.91 Å². The van der Waals surface area contributed by atoms with Crippen molar-refractivity contribution in [3.05, 3.63) is 73.1 Å². The maximum Gasteiger partial charge on any atom is 0.225 e. The Morgan fingerprint density at radius 2 is 1.81 bits per heavy atom. The van der Waals surface area contributed by atoms with Gasteiger partial charge in [0, 0.05) is 28.3 Å². The second-order valence-corrected chi connectivity index (χ2v) is 7.06. The highest BCUT2D eigenvalue weighted by molar-refractivity contribution is 7.99. The van der Waals surface area contributed by atoms with Gasteiger partial charge in [-0.1, -0.05) is 30.3 Å². The fraction of sp³-hybridized carbons (Fsp3) is 0.100.